The molecule has 1 rings (SSSR count). The van der Waals surface area contributed by atoms with E-state index in [2.05, 4.69) is 22.2 Å². The fraction of sp³-hybridized carbons (Fsp3) is 0.429. The van der Waals surface area contributed by atoms with Crippen LogP contribution in [0.15, 0.2) is 12.4 Å². The zero-order chi connectivity index (χ0) is 8.10. The van der Waals surface area contributed by atoms with Crippen molar-refractivity contribution in [1.82, 2.24) is 9.97 Å². The summed E-state index contributed by atoms with van der Waals surface area (Å²) in [6.07, 6.45) is 3.76. The number of anilines is 1. The summed E-state index contributed by atoms with van der Waals surface area (Å²) in [5, 5.41) is 11.8. The minimum absolute atomic E-state index is 0.0899. The second kappa shape index (κ2) is 3.75. The lowest BCUT2D eigenvalue weighted by Gasteiger charge is -2.00. The van der Waals surface area contributed by atoms with E-state index in [0.29, 0.717) is 5.95 Å². The van der Waals surface area contributed by atoms with Gasteiger partial charge in [0.15, 0.2) is 5.75 Å². The molecule has 60 valence electrons. The van der Waals surface area contributed by atoms with Gasteiger partial charge in [0.2, 0.25) is 5.95 Å². The van der Waals surface area contributed by atoms with Gasteiger partial charge in [-0.15, -0.1) is 0 Å². The van der Waals surface area contributed by atoms with E-state index in [9.17, 15) is 0 Å². The first-order valence-electron chi connectivity index (χ1n) is 3.58. The molecule has 0 saturated heterocycles. The van der Waals surface area contributed by atoms with Crippen molar-refractivity contribution in [3.05, 3.63) is 12.4 Å². The maximum atomic E-state index is 8.83. The van der Waals surface area contributed by atoms with E-state index in [1.165, 1.54) is 12.4 Å². The summed E-state index contributed by atoms with van der Waals surface area (Å²) in [5.41, 5.74) is 0. The van der Waals surface area contributed by atoms with Gasteiger partial charge in [0.05, 0.1) is 12.4 Å². The highest BCUT2D eigenvalue weighted by molar-refractivity contribution is 5.25. The second-order valence-corrected chi connectivity index (χ2v) is 2.19. The van der Waals surface area contributed by atoms with Crippen LogP contribution < -0.4 is 5.32 Å². The quantitative estimate of drug-likeness (QED) is 0.680. The number of nitrogens with one attached hydrogen (secondary N) is 1. The maximum Gasteiger partial charge on any atom is 0.222 e. The predicted molar refractivity (Wildman–Crippen MR) is 42.5 cm³/mol. The predicted octanol–water partition coefficient (Wildman–Crippen LogP) is 1.00. The topological polar surface area (TPSA) is 58.0 Å². The van der Waals surface area contributed by atoms with Gasteiger partial charge in [-0.1, -0.05) is 6.92 Å². The molecule has 0 bridgehead atoms. The van der Waals surface area contributed by atoms with E-state index < -0.39 is 0 Å². The van der Waals surface area contributed by atoms with Gasteiger partial charge < -0.3 is 10.4 Å². The van der Waals surface area contributed by atoms with E-state index in [4.69, 9.17) is 5.11 Å². The molecular weight excluding hydrogens is 142 g/mol. The van der Waals surface area contributed by atoms with E-state index in [1.807, 2.05) is 0 Å². The van der Waals surface area contributed by atoms with Gasteiger partial charge >= 0.3 is 0 Å². The SMILES string of the molecule is CCCNc1ncc(O)cn1. The highest BCUT2D eigenvalue weighted by atomic mass is 16.3. The van der Waals surface area contributed by atoms with Crippen molar-refractivity contribution < 1.29 is 5.11 Å². The largest absolute Gasteiger partial charge is 0.505 e. The molecule has 0 radical (unpaired) electrons. The minimum atomic E-state index is 0.0899. The van der Waals surface area contributed by atoms with Gasteiger partial charge in [0, 0.05) is 6.54 Å². The maximum absolute atomic E-state index is 8.83. The number of aromatic hydroxyl groups is 1. The molecule has 0 saturated carbocycles. The first-order chi connectivity index (χ1) is 5.33. The van der Waals surface area contributed by atoms with Crippen LogP contribution in [-0.2, 0) is 0 Å². The molecule has 4 heteroatoms. The standard InChI is InChI=1S/C7H11N3O/c1-2-3-8-7-9-4-6(11)5-10-7/h4-5,11H,2-3H2,1H3,(H,8,9,10). The summed E-state index contributed by atoms with van der Waals surface area (Å²) in [6, 6.07) is 0. The monoisotopic (exact) mass is 153 g/mol. The Labute approximate surface area is 65.3 Å². The third kappa shape index (κ3) is 2.41. The van der Waals surface area contributed by atoms with Crippen LogP contribution in [0.3, 0.4) is 0 Å². The summed E-state index contributed by atoms with van der Waals surface area (Å²) in [6.45, 7) is 2.91. The zero-order valence-electron chi connectivity index (χ0n) is 6.41. The smallest absolute Gasteiger partial charge is 0.222 e. The highest BCUT2D eigenvalue weighted by Gasteiger charge is 1.92. The fourth-order valence-corrected chi connectivity index (χ4v) is 0.649. The molecular formula is C7H11N3O. The van der Waals surface area contributed by atoms with Crippen molar-refractivity contribution in [1.29, 1.82) is 0 Å². The molecule has 0 unspecified atom stereocenters. The van der Waals surface area contributed by atoms with Crippen LogP contribution in [0.25, 0.3) is 0 Å². The van der Waals surface area contributed by atoms with Crippen molar-refractivity contribution in [3.8, 4) is 5.75 Å². The number of hydrogen-bond acceptors (Lipinski definition) is 4. The Morgan fingerprint density at radius 3 is 2.64 bits per heavy atom. The van der Waals surface area contributed by atoms with Crippen LogP contribution in [0, 0.1) is 0 Å². The zero-order valence-corrected chi connectivity index (χ0v) is 6.41. The number of hydrogen-bond donors (Lipinski definition) is 2. The Balaban J connectivity index is 2.52. The van der Waals surface area contributed by atoms with Crippen LogP contribution in [-0.4, -0.2) is 21.6 Å². The highest BCUT2D eigenvalue weighted by Crippen LogP contribution is 2.04. The fourth-order valence-electron chi connectivity index (χ4n) is 0.649. The lowest BCUT2D eigenvalue weighted by Crippen LogP contribution is -2.02. The molecule has 2 N–H and O–H groups in total. The Kier molecular flexibility index (Phi) is 2.66. The van der Waals surface area contributed by atoms with Gasteiger partial charge in [0.1, 0.15) is 0 Å². The van der Waals surface area contributed by atoms with Crippen LogP contribution in [0.2, 0.25) is 0 Å². The third-order valence-corrected chi connectivity index (χ3v) is 1.17. The summed E-state index contributed by atoms with van der Waals surface area (Å²) in [7, 11) is 0. The van der Waals surface area contributed by atoms with Gasteiger partial charge in [0.25, 0.3) is 0 Å². The van der Waals surface area contributed by atoms with Crippen molar-refractivity contribution in [2.75, 3.05) is 11.9 Å². The lowest BCUT2D eigenvalue weighted by molar-refractivity contribution is 0.470. The summed E-state index contributed by atoms with van der Waals surface area (Å²) in [4.78, 5) is 7.69. The average Bonchev–Trinajstić information content (AvgIpc) is 2.04. The number of aromatic nitrogens is 2. The van der Waals surface area contributed by atoms with Gasteiger partial charge in [-0.2, -0.15) is 0 Å². The Bertz CT molecular complexity index is 209. The van der Waals surface area contributed by atoms with Gasteiger partial charge in [-0.05, 0) is 6.42 Å². The number of nitrogens with zero attached hydrogens (tertiary/aromatic N) is 2. The van der Waals surface area contributed by atoms with Crippen molar-refractivity contribution in [2.45, 2.75) is 13.3 Å². The van der Waals surface area contributed by atoms with Crippen molar-refractivity contribution >= 4 is 5.95 Å². The molecule has 1 aromatic heterocycles. The molecule has 0 aliphatic rings. The van der Waals surface area contributed by atoms with Crippen molar-refractivity contribution in [3.63, 3.8) is 0 Å². The Morgan fingerprint density at radius 1 is 1.45 bits per heavy atom. The average molecular weight is 153 g/mol. The molecule has 0 aliphatic heterocycles. The van der Waals surface area contributed by atoms with Crippen molar-refractivity contribution in [2.24, 2.45) is 0 Å². The molecule has 0 amide bonds. The molecule has 1 aromatic rings. The molecule has 0 aromatic carbocycles. The Morgan fingerprint density at radius 2 is 2.09 bits per heavy atom. The van der Waals surface area contributed by atoms with E-state index in [-0.39, 0.29) is 5.75 Å². The Hall–Kier alpha value is -1.32. The first kappa shape index (κ1) is 7.78. The third-order valence-electron chi connectivity index (χ3n) is 1.17. The summed E-state index contributed by atoms with van der Waals surface area (Å²) in [5.74, 6) is 0.650. The van der Waals surface area contributed by atoms with Gasteiger partial charge in [-0.25, -0.2) is 9.97 Å². The molecule has 0 aliphatic carbocycles. The lowest BCUT2D eigenvalue weighted by atomic mass is 10.5. The second-order valence-electron chi connectivity index (χ2n) is 2.19. The van der Waals surface area contributed by atoms with E-state index in [0.717, 1.165) is 13.0 Å². The van der Waals surface area contributed by atoms with E-state index in [1.54, 1.807) is 0 Å². The van der Waals surface area contributed by atoms with Crippen LogP contribution >= 0.6 is 0 Å². The van der Waals surface area contributed by atoms with E-state index >= 15 is 0 Å². The van der Waals surface area contributed by atoms with Gasteiger partial charge in [-0.3, -0.25) is 0 Å². The normalized spacial score (nSPS) is 9.55. The van der Waals surface area contributed by atoms with Crippen LogP contribution in [0.5, 0.6) is 5.75 Å². The van der Waals surface area contributed by atoms with Crippen LogP contribution in [0.4, 0.5) is 5.95 Å². The molecule has 4 nitrogen and oxygen atoms in total. The molecule has 11 heavy (non-hydrogen) atoms. The number of rotatable bonds is 3. The first-order valence-corrected chi connectivity index (χ1v) is 3.58. The molecule has 0 atom stereocenters. The van der Waals surface area contributed by atoms with Crippen LogP contribution in [0.1, 0.15) is 13.3 Å². The summed E-state index contributed by atoms with van der Waals surface area (Å²) < 4.78 is 0. The summed E-state index contributed by atoms with van der Waals surface area (Å²) >= 11 is 0. The molecule has 1 heterocycles. The molecule has 0 fully saturated rings. The minimum Gasteiger partial charge on any atom is -0.505 e. The molecule has 0 spiro atoms.